The summed E-state index contributed by atoms with van der Waals surface area (Å²) in [5.41, 5.74) is 16.1. The molecule has 11 aromatic rings. The molecular weight excluding hydrogens is 795 g/mol. The van der Waals surface area contributed by atoms with Gasteiger partial charge in [0, 0.05) is 16.9 Å². The minimum Gasteiger partial charge on any atom is -0.314 e. The Bertz CT molecular complexity index is 3660. The molecule has 0 radical (unpaired) electrons. The summed E-state index contributed by atoms with van der Waals surface area (Å²) >= 11 is 0. The summed E-state index contributed by atoms with van der Waals surface area (Å²) in [7, 11) is 0. The summed E-state index contributed by atoms with van der Waals surface area (Å²) in [5, 5.41) is 10.2. The van der Waals surface area contributed by atoms with Gasteiger partial charge in [0.05, 0.1) is 5.69 Å². The van der Waals surface area contributed by atoms with Gasteiger partial charge in [0.15, 0.2) is 0 Å². The highest BCUT2D eigenvalue weighted by Gasteiger charge is 2.28. The van der Waals surface area contributed by atoms with E-state index in [4.69, 9.17) is 0 Å². The second kappa shape index (κ2) is 16.7. The molecule has 1 aliphatic rings. The summed E-state index contributed by atoms with van der Waals surface area (Å²) in [6, 6.07) is 86.7. The van der Waals surface area contributed by atoms with E-state index in [1.165, 1.54) is 104 Å². The molecule has 0 spiro atoms. The van der Waals surface area contributed by atoms with Crippen LogP contribution < -0.4 is 4.90 Å². The number of hydrogen-bond donors (Lipinski definition) is 0. The van der Waals surface area contributed by atoms with E-state index in [-0.39, 0.29) is 5.92 Å². The molecule has 1 heteroatoms. The van der Waals surface area contributed by atoms with E-state index >= 15 is 0 Å². The lowest BCUT2D eigenvalue weighted by Gasteiger charge is -2.34. The van der Waals surface area contributed by atoms with Gasteiger partial charge in [0.2, 0.25) is 0 Å². The van der Waals surface area contributed by atoms with Crippen LogP contribution >= 0.6 is 0 Å². The second-order valence-electron chi connectivity index (χ2n) is 17.6. The quantitative estimate of drug-likeness (QED) is 0.138. The van der Waals surface area contributed by atoms with Crippen LogP contribution in [-0.2, 0) is 0 Å². The predicted octanol–water partition coefficient (Wildman–Crippen LogP) is 18.1. The fourth-order valence-electron chi connectivity index (χ4n) is 10.8. The van der Waals surface area contributed by atoms with Crippen LogP contribution in [0.2, 0.25) is 0 Å². The molecule has 0 bridgehead atoms. The third kappa shape index (κ3) is 6.71. The molecule has 0 saturated carbocycles. The molecule has 11 aromatic carbocycles. The van der Waals surface area contributed by atoms with Crippen LogP contribution in [0.5, 0.6) is 0 Å². The maximum Gasteiger partial charge on any atom is 0.0536 e. The zero-order valence-corrected chi connectivity index (χ0v) is 36.9. The molecule has 1 atom stereocenters. The normalized spacial score (nSPS) is 13.8. The Morgan fingerprint density at radius 1 is 0.318 bits per heavy atom. The number of allylic oxidation sites excluding steroid dienone is 4. The van der Waals surface area contributed by atoms with E-state index in [0.717, 1.165) is 17.8 Å². The van der Waals surface area contributed by atoms with Crippen LogP contribution in [0.4, 0.5) is 11.4 Å². The van der Waals surface area contributed by atoms with Gasteiger partial charge in [-0.1, -0.05) is 231 Å². The Hall–Kier alpha value is -8.26. The van der Waals surface area contributed by atoms with Crippen molar-refractivity contribution in [3.63, 3.8) is 0 Å². The van der Waals surface area contributed by atoms with E-state index in [0.29, 0.717) is 0 Å². The molecule has 0 N–H and O–H groups in total. The Kier molecular flexibility index (Phi) is 9.95. The van der Waals surface area contributed by atoms with E-state index in [1.54, 1.807) is 0 Å². The van der Waals surface area contributed by atoms with Gasteiger partial charge >= 0.3 is 0 Å². The average molecular weight is 842 g/mol. The van der Waals surface area contributed by atoms with Crippen molar-refractivity contribution in [3.05, 3.63) is 260 Å². The highest BCUT2D eigenvalue weighted by Crippen LogP contribution is 2.49. The van der Waals surface area contributed by atoms with E-state index in [1.807, 2.05) is 0 Å². The number of hydrogen-bond acceptors (Lipinski definition) is 1. The molecule has 1 nitrogen and oxygen atoms in total. The summed E-state index contributed by atoms with van der Waals surface area (Å²) in [5.74, 6) is 0.222. The first-order valence-electron chi connectivity index (χ1n) is 23.1. The number of fused-ring (bicyclic) bond motifs is 6. The maximum atomic E-state index is 2.52. The van der Waals surface area contributed by atoms with E-state index < -0.39 is 0 Å². The third-order valence-electron chi connectivity index (χ3n) is 13.7. The summed E-state index contributed by atoms with van der Waals surface area (Å²) in [6.45, 7) is 2.41. The lowest BCUT2D eigenvalue weighted by Crippen LogP contribution is -2.21. The molecule has 0 aliphatic heterocycles. The number of anilines is 2. The minimum absolute atomic E-state index is 0.222. The molecule has 312 valence electrons. The van der Waals surface area contributed by atoms with E-state index in [2.05, 4.69) is 261 Å². The molecule has 0 aromatic heterocycles. The van der Waals surface area contributed by atoms with Gasteiger partial charge in [-0.15, -0.1) is 0 Å². The fourth-order valence-corrected chi connectivity index (χ4v) is 10.8. The van der Waals surface area contributed by atoms with Crippen molar-refractivity contribution in [3.8, 4) is 44.5 Å². The topological polar surface area (TPSA) is 3.24 Å². The first kappa shape index (κ1) is 39.3. The summed E-state index contributed by atoms with van der Waals surface area (Å²) < 4.78 is 0. The highest BCUT2D eigenvalue weighted by molar-refractivity contribution is 6.22. The minimum atomic E-state index is 0.222. The predicted molar refractivity (Wildman–Crippen MR) is 283 cm³/mol. The van der Waals surface area contributed by atoms with Crippen molar-refractivity contribution in [1.82, 2.24) is 0 Å². The molecular formula is C65H47N. The molecule has 0 heterocycles. The maximum absolute atomic E-state index is 2.52. The Balaban J connectivity index is 1.06. The zero-order valence-electron chi connectivity index (χ0n) is 36.9. The van der Waals surface area contributed by atoms with Gasteiger partial charge in [-0.05, 0) is 130 Å². The van der Waals surface area contributed by atoms with Gasteiger partial charge < -0.3 is 4.90 Å². The lowest BCUT2D eigenvalue weighted by molar-refractivity contribution is 0.716. The van der Waals surface area contributed by atoms with E-state index in [9.17, 15) is 0 Å². The Morgan fingerprint density at radius 2 is 0.682 bits per heavy atom. The van der Waals surface area contributed by atoms with Crippen LogP contribution in [-0.4, -0.2) is 0 Å². The second-order valence-corrected chi connectivity index (χ2v) is 17.6. The lowest BCUT2D eigenvalue weighted by atomic mass is 9.78. The number of benzene rings is 11. The average Bonchev–Trinajstić information content (AvgIpc) is 3.39. The van der Waals surface area contributed by atoms with Crippen molar-refractivity contribution in [2.75, 3.05) is 4.90 Å². The van der Waals surface area contributed by atoms with Crippen molar-refractivity contribution in [1.29, 1.82) is 0 Å². The Labute approximate surface area is 386 Å². The van der Waals surface area contributed by atoms with Crippen LogP contribution in [0.3, 0.4) is 0 Å². The first-order chi connectivity index (χ1) is 32.7. The van der Waals surface area contributed by atoms with Crippen LogP contribution in [0.15, 0.2) is 254 Å². The molecule has 12 rings (SSSR count). The number of para-hydroxylation sites is 1. The highest BCUT2D eigenvalue weighted by atomic mass is 15.2. The fraction of sp³-hybridized carbons (Fsp3) is 0.0462. The van der Waals surface area contributed by atoms with Crippen molar-refractivity contribution >= 4 is 60.0 Å². The van der Waals surface area contributed by atoms with Crippen LogP contribution in [0, 0.1) is 5.92 Å². The molecule has 0 fully saturated rings. The van der Waals surface area contributed by atoms with Gasteiger partial charge in [-0.25, -0.2) is 0 Å². The van der Waals surface area contributed by atoms with Crippen LogP contribution in [0.1, 0.15) is 18.9 Å². The molecule has 0 amide bonds. The van der Waals surface area contributed by atoms with Gasteiger partial charge in [-0.2, -0.15) is 0 Å². The van der Waals surface area contributed by atoms with Crippen molar-refractivity contribution in [2.45, 2.75) is 13.3 Å². The van der Waals surface area contributed by atoms with Crippen molar-refractivity contribution < 1.29 is 0 Å². The largest absolute Gasteiger partial charge is 0.314 e. The molecule has 0 saturated heterocycles. The molecule has 1 aliphatic carbocycles. The van der Waals surface area contributed by atoms with Gasteiger partial charge in [-0.3, -0.25) is 0 Å². The van der Waals surface area contributed by atoms with Gasteiger partial charge in [0.1, 0.15) is 0 Å². The Morgan fingerprint density at radius 3 is 1.15 bits per heavy atom. The number of nitrogens with zero attached hydrogens (tertiary/aromatic N) is 1. The third-order valence-corrected chi connectivity index (χ3v) is 13.7. The number of rotatable bonds is 8. The summed E-state index contributed by atoms with van der Waals surface area (Å²) in [6.07, 6.45) is 5.68. The standard InChI is InChI=1S/C65H47N/c1-44-43-50(41-42-51(44)65-60-35-18-14-31-56(60)55-30-13-17-34-59(55)64(65)47-25-9-4-10-26-47)66(61-36-20-19-27-52(61)45-21-5-2-6-22-45)49-39-37-48(38-40-49)63-58-33-16-12-29-54(58)53-28-11-15-32-57(53)62(63)46-23-7-3-8-24-46/h2-42,44H,43H2,1H3. The SMILES string of the molecule is CC1CC(N(c2ccc(-c3c(-c4ccccc4)c4ccccc4c4ccccc34)cc2)c2ccccc2-c2ccccc2)=CC=C1c1c(-c2ccccc2)c2ccccc2c2ccccc12. The van der Waals surface area contributed by atoms with Gasteiger partial charge in [0.25, 0.3) is 0 Å². The zero-order chi connectivity index (χ0) is 44.0. The molecule has 66 heavy (non-hydrogen) atoms. The molecule has 1 unspecified atom stereocenters. The first-order valence-corrected chi connectivity index (χ1v) is 23.1. The van der Waals surface area contributed by atoms with Crippen molar-refractivity contribution in [2.24, 2.45) is 5.92 Å². The van der Waals surface area contributed by atoms with Crippen LogP contribution in [0.25, 0.3) is 93.2 Å². The smallest absolute Gasteiger partial charge is 0.0536 e. The summed E-state index contributed by atoms with van der Waals surface area (Å²) in [4.78, 5) is 2.52. The monoisotopic (exact) mass is 841 g/mol.